The number of aryl methyl sites for hydroxylation is 1. The Kier molecular flexibility index (Phi) is 9.96. The maximum Gasteiger partial charge on any atom is 0.258 e. The minimum atomic E-state index is -0.207. The SMILES string of the molecule is CCN(CC)CCOc1cc(C(=O)N2CCCC(N(C)C)c3ccccc32)ccc1NC(=O)c1ccccc1C. The molecular formula is C33H42N4O3. The Bertz CT molecular complexity index is 1320. The van der Waals surface area contributed by atoms with Crippen molar-refractivity contribution in [3.8, 4) is 5.75 Å². The lowest BCUT2D eigenvalue weighted by Gasteiger charge is -2.27. The minimum Gasteiger partial charge on any atom is -0.490 e. The first kappa shape index (κ1) is 29.3. The molecule has 7 nitrogen and oxygen atoms in total. The normalized spacial score (nSPS) is 15.1. The summed E-state index contributed by atoms with van der Waals surface area (Å²) >= 11 is 0. The molecule has 4 rings (SSSR count). The van der Waals surface area contributed by atoms with E-state index in [9.17, 15) is 9.59 Å². The van der Waals surface area contributed by atoms with Gasteiger partial charge in [0.2, 0.25) is 0 Å². The van der Waals surface area contributed by atoms with Crippen LogP contribution >= 0.6 is 0 Å². The van der Waals surface area contributed by atoms with Crippen molar-refractivity contribution < 1.29 is 14.3 Å². The Morgan fingerprint density at radius 1 is 1.00 bits per heavy atom. The van der Waals surface area contributed by atoms with E-state index in [1.807, 2.05) is 48.2 Å². The monoisotopic (exact) mass is 542 g/mol. The van der Waals surface area contributed by atoms with E-state index < -0.39 is 0 Å². The molecule has 40 heavy (non-hydrogen) atoms. The van der Waals surface area contributed by atoms with Crippen LogP contribution in [0.1, 0.15) is 64.6 Å². The van der Waals surface area contributed by atoms with Crippen molar-refractivity contribution >= 4 is 23.2 Å². The van der Waals surface area contributed by atoms with Gasteiger partial charge in [0, 0.05) is 35.9 Å². The summed E-state index contributed by atoms with van der Waals surface area (Å²) in [7, 11) is 4.18. The largest absolute Gasteiger partial charge is 0.490 e. The maximum absolute atomic E-state index is 14.0. The molecule has 1 aliphatic rings. The zero-order valence-electron chi connectivity index (χ0n) is 24.4. The Hall–Kier alpha value is -3.68. The van der Waals surface area contributed by atoms with Crippen molar-refractivity contribution in [2.24, 2.45) is 0 Å². The number of anilines is 2. The molecule has 0 saturated heterocycles. The van der Waals surface area contributed by atoms with E-state index in [0.717, 1.165) is 49.3 Å². The average Bonchev–Trinajstić information content (AvgIpc) is 3.16. The summed E-state index contributed by atoms with van der Waals surface area (Å²) in [5, 5.41) is 3.02. The first-order valence-corrected chi connectivity index (χ1v) is 14.3. The number of ether oxygens (including phenoxy) is 1. The third kappa shape index (κ3) is 6.72. The quantitative estimate of drug-likeness (QED) is 0.340. The van der Waals surface area contributed by atoms with E-state index in [1.165, 1.54) is 0 Å². The predicted molar refractivity (Wildman–Crippen MR) is 163 cm³/mol. The number of likely N-dealkylation sites (N-methyl/N-ethyl adjacent to an activating group) is 1. The zero-order valence-corrected chi connectivity index (χ0v) is 24.4. The van der Waals surface area contributed by atoms with Gasteiger partial charge in [-0.2, -0.15) is 0 Å². The molecule has 0 bridgehead atoms. The number of rotatable bonds is 10. The van der Waals surface area contributed by atoms with E-state index in [-0.39, 0.29) is 17.9 Å². The maximum atomic E-state index is 14.0. The van der Waals surface area contributed by atoms with Crippen LogP contribution in [0.15, 0.2) is 66.7 Å². The van der Waals surface area contributed by atoms with Crippen LogP contribution in [-0.2, 0) is 0 Å². The highest BCUT2D eigenvalue weighted by Crippen LogP contribution is 2.37. The Labute approximate surface area is 238 Å². The third-order valence-corrected chi connectivity index (χ3v) is 7.74. The third-order valence-electron chi connectivity index (χ3n) is 7.74. The number of nitrogens with zero attached hydrogens (tertiary/aromatic N) is 3. The summed E-state index contributed by atoms with van der Waals surface area (Å²) in [6.07, 6.45) is 1.89. The molecule has 0 radical (unpaired) electrons. The van der Waals surface area contributed by atoms with E-state index in [4.69, 9.17) is 4.74 Å². The van der Waals surface area contributed by atoms with Crippen LogP contribution < -0.4 is 15.0 Å². The lowest BCUT2D eigenvalue weighted by molar-refractivity contribution is 0.0985. The number of hydrogen-bond donors (Lipinski definition) is 1. The van der Waals surface area contributed by atoms with Crippen molar-refractivity contribution in [1.29, 1.82) is 0 Å². The van der Waals surface area contributed by atoms with Gasteiger partial charge in [-0.05, 0) is 88.4 Å². The first-order chi connectivity index (χ1) is 19.3. The smallest absolute Gasteiger partial charge is 0.258 e. The molecule has 2 amide bonds. The Morgan fingerprint density at radius 3 is 2.45 bits per heavy atom. The molecule has 1 atom stereocenters. The van der Waals surface area contributed by atoms with Gasteiger partial charge in [-0.25, -0.2) is 0 Å². The van der Waals surface area contributed by atoms with E-state index in [2.05, 4.69) is 49.1 Å². The highest BCUT2D eigenvalue weighted by molar-refractivity contribution is 6.09. The summed E-state index contributed by atoms with van der Waals surface area (Å²) in [6.45, 7) is 9.86. The molecule has 1 heterocycles. The highest BCUT2D eigenvalue weighted by Gasteiger charge is 2.28. The summed E-state index contributed by atoms with van der Waals surface area (Å²) in [5.74, 6) is 0.216. The molecular weight excluding hydrogens is 500 g/mol. The molecule has 0 aromatic heterocycles. The second kappa shape index (κ2) is 13.6. The lowest BCUT2D eigenvalue weighted by atomic mass is 10.0. The highest BCUT2D eigenvalue weighted by atomic mass is 16.5. The fourth-order valence-corrected chi connectivity index (χ4v) is 5.36. The molecule has 0 spiro atoms. The van der Waals surface area contributed by atoms with Gasteiger partial charge in [0.05, 0.1) is 5.69 Å². The van der Waals surface area contributed by atoms with Gasteiger partial charge >= 0.3 is 0 Å². The molecule has 7 heteroatoms. The molecule has 0 aliphatic carbocycles. The molecule has 1 unspecified atom stereocenters. The number of amides is 2. The number of nitrogens with one attached hydrogen (secondary N) is 1. The van der Waals surface area contributed by atoms with Gasteiger partial charge in [0.25, 0.3) is 11.8 Å². The topological polar surface area (TPSA) is 65.1 Å². The molecule has 1 N–H and O–H groups in total. The van der Waals surface area contributed by atoms with Gasteiger partial charge < -0.3 is 24.8 Å². The Morgan fingerprint density at radius 2 is 1.73 bits per heavy atom. The second-order valence-corrected chi connectivity index (χ2v) is 10.5. The van der Waals surface area contributed by atoms with Crippen molar-refractivity contribution in [2.75, 3.05) is 57.1 Å². The fourth-order valence-electron chi connectivity index (χ4n) is 5.36. The summed E-state index contributed by atoms with van der Waals surface area (Å²) < 4.78 is 6.23. The van der Waals surface area contributed by atoms with Crippen LogP contribution in [0.5, 0.6) is 5.75 Å². The molecule has 3 aromatic carbocycles. The molecule has 0 saturated carbocycles. The molecule has 0 fully saturated rings. The van der Waals surface area contributed by atoms with Gasteiger partial charge in [-0.15, -0.1) is 0 Å². The van der Waals surface area contributed by atoms with Gasteiger partial charge in [-0.1, -0.05) is 50.2 Å². The number of para-hydroxylation sites is 1. The molecule has 212 valence electrons. The molecule has 1 aliphatic heterocycles. The molecule has 3 aromatic rings. The Balaban J connectivity index is 1.64. The van der Waals surface area contributed by atoms with Crippen LogP contribution in [0, 0.1) is 6.92 Å². The van der Waals surface area contributed by atoms with Crippen molar-refractivity contribution in [2.45, 2.75) is 39.7 Å². The fraction of sp³-hybridized carbons (Fsp3) is 0.394. The number of fused-ring (bicyclic) bond motifs is 1. The summed E-state index contributed by atoms with van der Waals surface area (Å²) in [6, 6.07) is 21.3. The number of benzene rings is 3. The van der Waals surface area contributed by atoms with Crippen LogP contribution in [0.25, 0.3) is 0 Å². The van der Waals surface area contributed by atoms with E-state index in [0.29, 0.717) is 35.7 Å². The van der Waals surface area contributed by atoms with Crippen LogP contribution in [-0.4, -0.2) is 68.5 Å². The van der Waals surface area contributed by atoms with Gasteiger partial charge in [0.15, 0.2) is 0 Å². The number of hydrogen-bond acceptors (Lipinski definition) is 5. The van der Waals surface area contributed by atoms with E-state index >= 15 is 0 Å². The van der Waals surface area contributed by atoms with Crippen LogP contribution in [0.2, 0.25) is 0 Å². The average molecular weight is 543 g/mol. The van der Waals surface area contributed by atoms with E-state index in [1.54, 1.807) is 24.3 Å². The zero-order chi connectivity index (χ0) is 28.6. The number of carbonyl (C=O) groups is 2. The number of carbonyl (C=O) groups excluding carboxylic acids is 2. The standard InChI is InChI=1S/C33H42N4O3/c1-6-36(7-2)21-22-40-31-23-25(18-19-28(31)34-32(38)26-14-9-8-13-24(26)3)33(39)37-20-12-17-29(35(4)5)27-15-10-11-16-30(27)37/h8-11,13-16,18-19,23,29H,6-7,12,17,20-22H2,1-5H3,(H,34,38). The lowest BCUT2D eigenvalue weighted by Crippen LogP contribution is -2.32. The summed E-state index contributed by atoms with van der Waals surface area (Å²) in [4.78, 5) is 33.5. The van der Waals surface area contributed by atoms with Crippen LogP contribution in [0.3, 0.4) is 0 Å². The van der Waals surface area contributed by atoms with Gasteiger partial charge in [0.1, 0.15) is 12.4 Å². The van der Waals surface area contributed by atoms with Crippen molar-refractivity contribution in [3.05, 3.63) is 89.0 Å². The predicted octanol–water partition coefficient (Wildman–Crippen LogP) is 6.01. The summed E-state index contributed by atoms with van der Waals surface area (Å²) in [5.41, 5.74) is 4.69. The van der Waals surface area contributed by atoms with Crippen molar-refractivity contribution in [1.82, 2.24) is 9.80 Å². The van der Waals surface area contributed by atoms with Crippen LogP contribution in [0.4, 0.5) is 11.4 Å². The van der Waals surface area contributed by atoms with Gasteiger partial charge in [-0.3, -0.25) is 9.59 Å². The minimum absolute atomic E-state index is 0.0720. The first-order valence-electron chi connectivity index (χ1n) is 14.3. The van der Waals surface area contributed by atoms with Crippen molar-refractivity contribution in [3.63, 3.8) is 0 Å². The second-order valence-electron chi connectivity index (χ2n) is 10.5.